The monoisotopic (exact) mass is 251 g/mol. The van der Waals surface area contributed by atoms with Crippen LogP contribution in [0, 0.1) is 13.8 Å². The highest BCUT2D eigenvalue weighted by molar-refractivity contribution is 7.98. The van der Waals surface area contributed by atoms with E-state index in [9.17, 15) is 0 Å². The van der Waals surface area contributed by atoms with Gasteiger partial charge < -0.3 is 0 Å². The molecule has 2 heteroatoms. The largest absolute Gasteiger partial charge is 0.256 e. The second kappa shape index (κ2) is 5.92. The van der Waals surface area contributed by atoms with Gasteiger partial charge in [-0.25, -0.2) is 0 Å². The van der Waals surface area contributed by atoms with Gasteiger partial charge in [0.1, 0.15) is 0 Å². The lowest BCUT2D eigenvalue weighted by atomic mass is 9.98. The van der Waals surface area contributed by atoms with Crippen LogP contribution in [0.3, 0.4) is 0 Å². The summed E-state index contributed by atoms with van der Waals surface area (Å²) in [6, 6.07) is 7.15. The molecule has 0 amide bonds. The van der Waals surface area contributed by atoms with E-state index in [2.05, 4.69) is 64.5 Å². The molecule has 1 aromatic rings. The van der Waals surface area contributed by atoms with Crippen LogP contribution in [0.25, 0.3) is 0 Å². The third-order valence-electron chi connectivity index (χ3n) is 2.73. The second-order valence-corrected chi connectivity index (χ2v) is 7.32. The van der Waals surface area contributed by atoms with E-state index in [1.165, 1.54) is 16.7 Å². The van der Waals surface area contributed by atoms with Crippen molar-refractivity contribution in [3.63, 3.8) is 0 Å². The van der Waals surface area contributed by atoms with Crippen LogP contribution in [0.15, 0.2) is 18.2 Å². The summed E-state index contributed by atoms with van der Waals surface area (Å²) >= 11 is 1.83. The van der Waals surface area contributed by atoms with Crippen molar-refractivity contribution < 1.29 is 0 Å². The Morgan fingerprint density at radius 2 is 1.88 bits per heavy atom. The molecule has 0 spiro atoms. The minimum Gasteiger partial charge on any atom is -0.256 e. The molecule has 0 heterocycles. The summed E-state index contributed by atoms with van der Waals surface area (Å²) in [5, 5.41) is 0. The van der Waals surface area contributed by atoms with Gasteiger partial charge in [-0.05, 0) is 52.2 Å². The Morgan fingerprint density at radius 1 is 1.24 bits per heavy atom. The molecule has 1 N–H and O–H groups in total. The molecule has 0 aliphatic carbocycles. The normalized spacial score (nSPS) is 13.8. The highest BCUT2D eigenvalue weighted by atomic mass is 32.2. The summed E-state index contributed by atoms with van der Waals surface area (Å²) in [6.07, 6.45) is 1.12. The predicted octanol–water partition coefficient (Wildman–Crippen LogP) is 4.79. The molecule has 96 valence electrons. The molecule has 1 nitrogen and oxygen atoms in total. The quantitative estimate of drug-likeness (QED) is 0.772. The molecule has 0 fully saturated rings. The van der Waals surface area contributed by atoms with E-state index in [0.29, 0.717) is 6.04 Å². The molecule has 0 bridgehead atoms. The molecular formula is C15H25NS. The fourth-order valence-electron chi connectivity index (χ4n) is 1.75. The Morgan fingerprint density at radius 3 is 2.41 bits per heavy atom. The first-order valence-corrected chi connectivity index (χ1v) is 7.16. The minimum atomic E-state index is 0.255. The molecule has 1 atom stereocenters. The lowest BCUT2D eigenvalue weighted by Crippen LogP contribution is -2.22. The van der Waals surface area contributed by atoms with Gasteiger partial charge in [0.2, 0.25) is 0 Å². The van der Waals surface area contributed by atoms with Gasteiger partial charge in [-0.1, -0.05) is 42.6 Å². The van der Waals surface area contributed by atoms with Crippen LogP contribution < -0.4 is 4.72 Å². The fourth-order valence-corrected chi connectivity index (χ4v) is 2.54. The van der Waals surface area contributed by atoms with Gasteiger partial charge in [0.15, 0.2) is 0 Å². The molecule has 0 saturated carbocycles. The van der Waals surface area contributed by atoms with Crippen molar-refractivity contribution in [1.82, 2.24) is 4.72 Å². The van der Waals surface area contributed by atoms with E-state index in [-0.39, 0.29) is 4.75 Å². The van der Waals surface area contributed by atoms with E-state index in [1.807, 2.05) is 11.9 Å². The first-order valence-electron chi connectivity index (χ1n) is 6.34. The van der Waals surface area contributed by atoms with Gasteiger partial charge >= 0.3 is 0 Å². The van der Waals surface area contributed by atoms with Crippen LogP contribution in [0.1, 0.15) is 56.8 Å². The molecule has 1 rings (SSSR count). The molecule has 1 aromatic carbocycles. The van der Waals surface area contributed by atoms with E-state index in [1.54, 1.807) is 0 Å². The number of nitrogens with one attached hydrogen (secondary N) is 1. The minimum absolute atomic E-state index is 0.255. The zero-order valence-corrected chi connectivity index (χ0v) is 12.7. The van der Waals surface area contributed by atoms with Crippen LogP contribution in [-0.2, 0) is 0 Å². The summed E-state index contributed by atoms with van der Waals surface area (Å²) in [7, 11) is 0. The maximum atomic E-state index is 3.61. The van der Waals surface area contributed by atoms with E-state index in [0.717, 1.165) is 6.42 Å². The van der Waals surface area contributed by atoms with Crippen molar-refractivity contribution in [2.75, 3.05) is 0 Å². The van der Waals surface area contributed by atoms with Gasteiger partial charge in [0, 0.05) is 10.8 Å². The number of aryl methyl sites for hydroxylation is 2. The van der Waals surface area contributed by atoms with Crippen molar-refractivity contribution in [2.24, 2.45) is 0 Å². The maximum Gasteiger partial charge on any atom is 0.0421 e. The number of benzene rings is 1. The Kier molecular flexibility index (Phi) is 5.08. The van der Waals surface area contributed by atoms with Gasteiger partial charge in [0.25, 0.3) is 0 Å². The Bertz CT molecular complexity index is 366. The van der Waals surface area contributed by atoms with Gasteiger partial charge in [-0.15, -0.1) is 0 Å². The van der Waals surface area contributed by atoms with Crippen molar-refractivity contribution in [2.45, 2.75) is 58.8 Å². The predicted molar refractivity (Wildman–Crippen MR) is 79.4 cm³/mol. The van der Waals surface area contributed by atoms with Crippen molar-refractivity contribution in [3.8, 4) is 0 Å². The summed E-state index contributed by atoms with van der Waals surface area (Å²) in [5.74, 6) is 0. The smallest absolute Gasteiger partial charge is 0.0421 e. The lowest BCUT2D eigenvalue weighted by Gasteiger charge is -2.25. The van der Waals surface area contributed by atoms with Crippen LogP contribution in [0.5, 0.6) is 0 Å². The zero-order chi connectivity index (χ0) is 13.1. The van der Waals surface area contributed by atoms with Crippen molar-refractivity contribution >= 4 is 11.9 Å². The molecule has 0 aromatic heterocycles. The highest BCUT2D eigenvalue weighted by Crippen LogP contribution is 2.28. The number of rotatable bonds is 4. The van der Waals surface area contributed by atoms with Gasteiger partial charge in [0.05, 0.1) is 0 Å². The number of hydrogen-bond acceptors (Lipinski definition) is 2. The first-order chi connectivity index (χ1) is 7.83. The average molecular weight is 251 g/mol. The Labute approximate surface area is 111 Å². The van der Waals surface area contributed by atoms with Crippen molar-refractivity contribution in [3.05, 3.63) is 34.9 Å². The molecule has 0 aliphatic rings. The molecule has 1 unspecified atom stereocenters. The van der Waals surface area contributed by atoms with Crippen LogP contribution in [0.4, 0.5) is 0 Å². The van der Waals surface area contributed by atoms with Crippen LogP contribution in [-0.4, -0.2) is 4.75 Å². The summed E-state index contributed by atoms with van der Waals surface area (Å²) in [5.41, 5.74) is 4.15. The number of hydrogen-bond donors (Lipinski definition) is 1. The van der Waals surface area contributed by atoms with Crippen molar-refractivity contribution in [1.29, 1.82) is 0 Å². The van der Waals surface area contributed by atoms with Crippen LogP contribution >= 0.6 is 11.9 Å². The Hall–Kier alpha value is -0.470. The summed E-state index contributed by atoms with van der Waals surface area (Å²) < 4.78 is 3.87. The van der Waals surface area contributed by atoms with E-state index >= 15 is 0 Å². The van der Waals surface area contributed by atoms with E-state index < -0.39 is 0 Å². The molecule has 0 aliphatic heterocycles. The van der Waals surface area contributed by atoms with Gasteiger partial charge in [-0.3, -0.25) is 4.72 Å². The zero-order valence-electron chi connectivity index (χ0n) is 11.9. The third-order valence-corrected chi connectivity index (χ3v) is 3.74. The molecule has 0 saturated heterocycles. The third kappa shape index (κ3) is 4.72. The lowest BCUT2D eigenvalue weighted by molar-refractivity contribution is 0.638. The van der Waals surface area contributed by atoms with Crippen LogP contribution in [0.2, 0.25) is 0 Å². The molecular weight excluding hydrogens is 226 g/mol. The van der Waals surface area contributed by atoms with E-state index in [4.69, 9.17) is 0 Å². The maximum absolute atomic E-state index is 3.61. The average Bonchev–Trinajstić information content (AvgIpc) is 2.22. The fraction of sp³-hybridized carbons (Fsp3) is 0.600. The summed E-state index contributed by atoms with van der Waals surface area (Å²) in [6.45, 7) is 13.3. The molecule has 17 heavy (non-hydrogen) atoms. The van der Waals surface area contributed by atoms with Gasteiger partial charge in [-0.2, -0.15) is 0 Å². The first kappa shape index (κ1) is 14.6. The highest BCUT2D eigenvalue weighted by Gasteiger charge is 2.16. The topological polar surface area (TPSA) is 12.0 Å². The Balaban J connectivity index is 2.82. The SMILES string of the molecule is CCC(NSC(C)(C)C)c1cc(C)ccc1C. The second-order valence-electron chi connectivity index (χ2n) is 5.65. The standard InChI is InChI=1S/C15H25NS/c1-7-14(16-17-15(4,5)6)13-10-11(2)8-9-12(13)3/h8-10,14,16H,7H2,1-6H3. The molecule has 0 radical (unpaired) electrons. The summed E-state index contributed by atoms with van der Waals surface area (Å²) in [4.78, 5) is 0.